The van der Waals surface area contributed by atoms with Crippen molar-refractivity contribution in [3.05, 3.63) is 61.6 Å². The lowest BCUT2D eigenvalue weighted by Gasteiger charge is -2.15. The minimum Gasteiger partial charge on any atom is -0.493 e. The van der Waals surface area contributed by atoms with Crippen molar-refractivity contribution in [3.63, 3.8) is 0 Å². The maximum Gasteiger partial charge on any atom is 0.326 e. The highest BCUT2D eigenvalue weighted by Crippen LogP contribution is 2.37. The second kappa shape index (κ2) is 11.7. The van der Waals surface area contributed by atoms with Gasteiger partial charge >= 0.3 is 5.97 Å². The van der Waals surface area contributed by atoms with Crippen LogP contribution in [-0.4, -0.2) is 41.8 Å². The second-order valence-electron chi connectivity index (χ2n) is 7.78. The Morgan fingerprint density at radius 2 is 1.91 bits per heavy atom. The van der Waals surface area contributed by atoms with Gasteiger partial charge in [-0.15, -0.1) is 0 Å². The summed E-state index contributed by atoms with van der Waals surface area (Å²) in [4.78, 5) is 38.3. The minimum absolute atomic E-state index is 0.229. The monoisotopic (exact) mass is 595 g/mol. The van der Waals surface area contributed by atoms with Gasteiger partial charge in [-0.3, -0.25) is 19.3 Å². The summed E-state index contributed by atoms with van der Waals surface area (Å²) in [6.45, 7) is 5.66. The number of aryl methyl sites for hydroxylation is 1. The van der Waals surface area contributed by atoms with E-state index in [2.05, 4.69) is 22.6 Å². The average molecular weight is 595 g/mol. The fourth-order valence-corrected chi connectivity index (χ4v) is 4.68. The van der Waals surface area contributed by atoms with E-state index in [1.54, 1.807) is 26.2 Å². The smallest absolute Gasteiger partial charge is 0.326 e. The third-order valence-corrected chi connectivity index (χ3v) is 6.83. The fraction of sp³-hybridized carbons (Fsp3) is 0.320. The van der Waals surface area contributed by atoms with E-state index in [0.717, 1.165) is 25.8 Å². The number of hydrogen-bond donors (Lipinski definition) is 0. The first kappa shape index (κ1) is 26.1. The van der Waals surface area contributed by atoms with Crippen molar-refractivity contribution >= 4 is 57.5 Å². The molecule has 9 heteroatoms. The van der Waals surface area contributed by atoms with Crippen molar-refractivity contribution in [1.82, 2.24) is 4.90 Å². The minimum atomic E-state index is -0.607. The van der Waals surface area contributed by atoms with Gasteiger partial charge < -0.3 is 14.2 Å². The molecule has 0 N–H and O–H groups in total. The van der Waals surface area contributed by atoms with Gasteiger partial charge in [-0.05, 0) is 84.0 Å². The van der Waals surface area contributed by atoms with Crippen LogP contribution in [0.5, 0.6) is 11.5 Å². The molecular weight excluding hydrogens is 569 g/mol. The van der Waals surface area contributed by atoms with E-state index in [-0.39, 0.29) is 11.0 Å². The molecule has 180 valence electrons. The van der Waals surface area contributed by atoms with E-state index in [4.69, 9.17) is 14.2 Å². The molecule has 7 nitrogen and oxygen atoms in total. The van der Waals surface area contributed by atoms with E-state index in [1.807, 2.05) is 44.2 Å². The normalized spacial score (nSPS) is 15.6. The fourth-order valence-electron chi connectivity index (χ4n) is 3.06. The predicted octanol–water partition coefficient (Wildman–Crippen LogP) is 5.57. The maximum absolute atomic E-state index is 12.8. The molecule has 1 aliphatic heterocycles. The molecule has 1 aliphatic rings. The first-order chi connectivity index (χ1) is 16.2. The van der Waals surface area contributed by atoms with Crippen LogP contribution in [0.25, 0.3) is 6.08 Å². The van der Waals surface area contributed by atoms with Gasteiger partial charge in [-0.1, -0.05) is 36.8 Å². The molecule has 0 unspecified atom stereocenters. The summed E-state index contributed by atoms with van der Waals surface area (Å²) < 4.78 is 17.5. The zero-order chi connectivity index (χ0) is 24.8. The van der Waals surface area contributed by atoms with Gasteiger partial charge in [0.1, 0.15) is 13.2 Å². The van der Waals surface area contributed by atoms with Crippen molar-refractivity contribution in [2.45, 2.75) is 39.9 Å². The number of amides is 2. The number of esters is 1. The summed E-state index contributed by atoms with van der Waals surface area (Å²) in [5.41, 5.74) is 2.89. The number of hydrogen-bond acceptors (Lipinski definition) is 7. The molecule has 2 aromatic rings. The van der Waals surface area contributed by atoms with Crippen LogP contribution in [0.15, 0.2) is 41.3 Å². The highest BCUT2D eigenvalue weighted by atomic mass is 127. The van der Waals surface area contributed by atoms with Gasteiger partial charge in [0.05, 0.1) is 21.7 Å². The van der Waals surface area contributed by atoms with Crippen LogP contribution in [0.4, 0.5) is 4.79 Å². The molecule has 1 atom stereocenters. The third kappa shape index (κ3) is 6.53. The molecule has 0 saturated carbocycles. The Labute approximate surface area is 217 Å². The molecular formula is C25H26INO6S. The van der Waals surface area contributed by atoms with Gasteiger partial charge in [0.15, 0.2) is 11.5 Å². The molecule has 0 spiro atoms. The number of methoxy groups -OCH3 is 1. The molecule has 0 aromatic heterocycles. The number of nitrogens with zero attached hydrogens (tertiary/aromatic N) is 1. The third-order valence-electron chi connectivity index (χ3n) is 5.12. The van der Waals surface area contributed by atoms with E-state index >= 15 is 0 Å². The number of carbonyl (C=O) groups excluding carboxylic acids is 3. The molecule has 3 rings (SSSR count). The number of imide groups is 1. The Hall–Kier alpha value is -2.53. The van der Waals surface area contributed by atoms with Crippen molar-refractivity contribution in [1.29, 1.82) is 0 Å². The molecule has 1 fully saturated rings. The van der Waals surface area contributed by atoms with E-state index < -0.39 is 23.7 Å². The lowest BCUT2D eigenvalue weighted by Crippen LogP contribution is -2.35. The number of halogens is 1. The number of ether oxygens (including phenoxy) is 3. The zero-order valence-corrected chi connectivity index (χ0v) is 22.4. The Morgan fingerprint density at radius 3 is 2.56 bits per heavy atom. The second-order valence-corrected chi connectivity index (χ2v) is 9.94. The molecule has 2 amide bonds. The van der Waals surface area contributed by atoms with Crippen molar-refractivity contribution in [2.24, 2.45) is 0 Å². The van der Waals surface area contributed by atoms with E-state index in [9.17, 15) is 14.4 Å². The average Bonchev–Trinajstić information content (AvgIpc) is 3.06. The van der Waals surface area contributed by atoms with Gasteiger partial charge in [-0.25, -0.2) is 0 Å². The van der Waals surface area contributed by atoms with E-state index in [1.165, 1.54) is 5.56 Å². The Balaban J connectivity index is 1.75. The molecule has 0 aliphatic carbocycles. The Morgan fingerprint density at radius 1 is 1.21 bits per heavy atom. The molecule has 1 heterocycles. The predicted molar refractivity (Wildman–Crippen MR) is 140 cm³/mol. The quantitative estimate of drug-likeness (QED) is 0.213. The Kier molecular flexibility index (Phi) is 9.01. The van der Waals surface area contributed by atoms with Gasteiger partial charge in [0, 0.05) is 0 Å². The number of rotatable bonds is 9. The van der Waals surface area contributed by atoms with E-state index in [0.29, 0.717) is 30.1 Å². The SMILES string of the molecule is CC[C@@H](C)OC(=O)CN1C(=O)S/C(=C\c2cc(I)c(OCc3ccc(C)cc3)c(OC)c2)C1=O. The molecule has 0 radical (unpaired) electrons. The molecule has 1 saturated heterocycles. The summed E-state index contributed by atoms with van der Waals surface area (Å²) >= 11 is 2.94. The van der Waals surface area contributed by atoms with Crippen LogP contribution in [0, 0.1) is 10.5 Å². The highest BCUT2D eigenvalue weighted by molar-refractivity contribution is 14.1. The molecule has 0 bridgehead atoms. The van der Waals surface area contributed by atoms with Gasteiger partial charge in [-0.2, -0.15) is 0 Å². The number of carbonyl (C=O) groups is 3. The van der Waals surface area contributed by atoms with Crippen LogP contribution in [-0.2, 0) is 20.9 Å². The van der Waals surface area contributed by atoms with Crippen LogP contribution in [0.3, 0.4) is 0 Å². The summed E-state index contributed by atoms with van der Waals surface area (Å²) in [6.07, 6.45) is 1.99. The van der Waals surface area contributed by atoms with Crippen molar-refractivity contribution < 1.29 is 28.6 Å². The topological polar surface area (TPSA) is 82.1 Å². The first-order valence-corrected chi connectivity index (χ1v) is 12.6. The molecule has 34 heavy (non-hydrogen) atoms. The zero-order valence-electron chi connectivity index (χ0n) is 19.4. The van der Waals surface area contributed by atoms with Crippen LogP contribution in [0.1, 0.15) is 37.0 Å². The highest BCUT2D eigenvalue weighted by Gasteiger charge is 2.37. The maximum atomic E-state index is 12.8. The lowest BCUT2D eigenvalue weighted by molar-refractivity contribution is -0.150. The molecule has 2 aromatic carbocycles. The Bertz CT molecular complexity index is 1120. The number of thioether (sulfide) groups is 1. The first-order valence-electron chi connectivity index (χ1n) is 10.7. The summed E-state index contributed by atoms with van der Waals surface area (Å²) in [6, 6.07) is 11.7. The standard InChI is InChI=1S/C25H26INO6S/c1-5-16(3)33-22(28)13-27-24(29)21(34-25(27)30)12-18-10-19(26)23(20(11-18)31-4)32-14-17-8-6-15(2)7-9-17/h6-12,16H,5,13-14H2,1-4H3/b21-12-/t16-/m1/s1. The van der Waals surface area contributed by atoms with Crippen LogP contribution >= 0.6 is 34.4 Å². The summed E-state index contributed by atoms with van der Waals surface area (Å²) in [5, 5.41) is -0.503. The summed E-state index contributed by atoms with van der Waals surface area (Å²) in [5.74, 6) is -0.0164. The van der Waals surface area contributed by atoms with Crippen molar-refractivity contribution in [2.75, 3.05) is 13.7 Å². The van der Waals surface area contributed by atoms with Crippen molar-refractivity contribution in [3.8, 4) is 11.5 Å². The number of benzene rings is 2. The van der Waals surface area contributed by atoms with Gasteiger partial charge in [0.2, 0.25) is 0 Å². The lowest BCUT2D eigenvalue weighted by atomic mass is 10.1. The largest absolute Gasteiger partial charge is 0.493 e. The van der Waals surface area contributed by atoms with Crippen LogP contribution < -0.4 is 9.47 Å². The summed E-state index contributed by atoms with van der Waals surface area (Å²) in [7, 11) is 1.55. The van der Waals surface area contributed by atoms with Gasteiger partial charge in [0.25, 0.3) is 11.1 Å². The van der Waals surface area contributed by atoms with Crippen LogP contribution in [0.2, 0.25) is 0 Å².